The van der Waals surface area contributed by atoms with E-state index in [9.17, 15) is 4.79 Å². The molecular formula is C25H31N5O2. The van der Waals surface area contributed by atoms with Crippen molar-refractivity contribution in [3.8, 4) is 5.75 Å². The van der Waals surface area contributed by atoms with Crippen LogP contribution in [-0.4, -0.2) is 50.3 Å². The van der Waals surface area contributed by atoms with E-state index < -0.39 is 0 Å². The van der Waals surface area contributed by atoms with Gasteiger partial charge in [0.05, 0.1) is 12.2 Å². The van der Waals surface area contributed by atoms with Crippen LogP contribution in [0, 0.1) is 5.92 Å². The van der Waals surface area contributed by atoms with Crippen LogP contribution >= 0.6 is 0 Å². The quantitative estimate of drug-likeness (QED) is 0.559. The molecule has 32 heavy (non-hydrogen) atoms. The summed E-state index contributed by atoms with van der Waals surface area (Å²) in [6.07, 6.45) is 11.1. The second-order valence-electron chi connectivity index (χ2n) is 9.01. The van der Waals surface area contributed by atoms with Crippen molar-refractivity contribution >= 4 is 17.1 Å². The first-order valence-electron chi connectivity index (χ1n) is 11.9. The zero-order valence-corrected chi connectivity index (χ0v) is 18.5. The SMILES string of the molecule is O=C(CC1CCCC1)N1CCC(c2nn(CCOc3ccccc3)c3nccnc23)CC1. The lowest BCUT2D eigenvalue weighted by Crippen LogP contribution is -2.38. The lowest BCUT2D eigenvalue weighted by Gasteiger charge is -2.32. The second-order valence-corrected chi connectivity index (χ2v) is 9.01. The van der Waals surface area contributed by atoms with Crippen molar-refractivity contribution in [3.63, 3.8) is 0 Å². The molecule has 1 saturated heterocycles. The van der Waals surface area contributed by atoms with Crippen LogP contribution in [0.15, 0.2) is 42.7 Å². The van der Waals surface area contributed by atoms with E-state index in [-0.39, 0.29) is 0 Å². The summed E-state index contributed by atoms with van der Waals surface area (Å²) in [5.41, 5.74) is 2.69. The maximum atomic E-state index is 12.7. The highest BCUT2D eigenvalue weighted by atomic mass is 16.5. The summed E-state index contributed by atoms with van der Waals surface area (Å²) in [5.74, 6) is 2.10. The Balaban J connectivity index is 1.23. The van der Waals surface area contributed by atoms with Gasteiger partial charge in [-0.05, 0) is 43.7 Å². The molecule has 1 aliphatic carbocycles. The Morgan fingerprint density at radius 2 is 1.75 bits per heavy atom. The number of hydrogen-bond donors (Lipinski definition) is 0. The number of para-hydroxylation sites is 1. The zero-order valence-electron chi connectivity index (χ0n) is 18.5. The minimum atomic E-state index is 0.307. The van der Waals surface area contributed by atoms with Crippen LogP contribution < -0.4 is 4.74 Å². The van der Waals surface area contributed by atoms with Gasteiger partial charge in [-0.25, -0.2) is 14.6 Å². The van der Waals surface area contributed by atoms with Gasteiger partial charge in [0.1, 0.15) is 17.9 Å². The Morgan fingerprint density at radius 1 is 1.00 bits per heavy atom. The predicted octanol–water partition coefficient (Wildman–Crippen LogP) is 4.19. The molecule has 2 fully saturated rings. The summed E-state index contributed by atoms with van der Waals surface area (Å²) in [6, 6.07) is 9.81. The van der Waals surface area contributed by atoms with Crippen molar-refractivity contribution in [3.05, 3.63) is 48.4 Å². The molecule has 0 N–H and O–H groups in total. The number of nitrogens with zero attached hydrogens (tertiary/aromatic N) is 5. The van der Waals surface area contributed by atoms with Crippen LogP contribution in [0.3, 0.4) is 0 Å². The average molecular weight is 434 g/mol. The molecule has 3 heterocycles. The maximum Gasteiger partial charge on any atom is 0.222 e. The number of benzene rings is 1. The van der Waals surface area contributed by atoms with Crippen LogP contribution in [0.2, 0.25) is 0 Å². The van der Waals surface area contributed by atoms with Gasteiger partial charge >= 0.3 is 0 Å². The van der Waals surface area contributed by atoms with Crippen LogP contribution in [0.5, 0.6) is 5.75 Å². The van der Waals surface area contributed by atoms with E-state index in [4.69, 9.17) is 9.84 Å². The molecule has 3 aromatic rings. The first kappa shape index (κ1) is 20.9. The van der Waals surface area contributed by atoms with Gasteiger partial charge in [0.25, 0.3) is 0 Å². The lowest BCUT2D eigenvalue weighted by atomic mass is 9.92. The highest BCUT2D eigenvalue weighted by molar-refractivity contribution is 5.77. The third kappa shape index (κ3) is 4.61. The Morgan fingerprint density at radius 3 is 2.53 bits per heavy atom. The van der Waals surface area contributed by atoms with Crippen molar-refractivity contribution in [2.24, 2.45) is 5.92 Å². The highest BCUT2D eigenvalue weighted by Gasteiger charge is 2.29. The number of fused-ring (bicyclic) bond motifs is 1. The van der Waals surface area contributed by atoms with Crippen LogP contribution in [0.1, 0.15) is 56.6 Å². The summed E-state index contributed by atoms with van der Waals surface area (Å²) in [4.78, 5) is 23.9. The minimum Gasteiger partial charge on any atom is -0.492 e. The molecule has 7 nitrogen and oxygen atoms in total. The first-order chi connectivity index (χ1) is 15.8. The number of ether oxygens (including phenoxy) is 1. The fourth-order valence-corrected chi connectivity index (χ4v) is 5.12. The van der Waals surface area contributed by atoms with Gasteiger partial charge in [-0.2, -0.15) is 5.10 Å². The summed E-state index contributed by atoms with van der Waals surface area (Å²) in [5, 5.41) is 4.91. The van der Waals surface area contributed by atoms with Gasteiger partial charge in [-0.1, -0.05) is 31.0 Å². The molecule has 0 radical (unpaired) electrons. The number of carbonyl (C=O) groups is 1. The molecule has 1 amide bonds. The van der Waals surface area contributed by atoms with Gasteiger partial charge in [0.2, 0.25) is 5.91 Å². The molecule has 1 aliphatic heterocycles. The number of piperidine rings is 1. The van der Waals surface area contributed by atoms with Crippen molar-refractivity contribution in [1.82, 2.24) is 24.6 Å². The smallest absolute Gasteiger partial charge is 0.222 e. The fourth-order valence-electron chi connectivity index (χ4n) is 5.12. The molecule has 0 unspecified atom stereocenters. The number of rotatable bonds is 7. The van der Waals surface area contributed by atoms with Crippen molar-refractivity contribution in [1.29, 1.82) is 0 Å². The molecular weight excluding hydrogens is 402 g/mol. The Labute approximate surface area is 188 Å². The fraction of sp³-hybridized carbons (Fsp3) is 0.520. The molecule has 0 bridgehead atoms. The summed E-state index contributed by atoms with van der Waals surface area (Å²) in [6.45, 7) is 2.75. The van der Waals surface area contributed by atoms with Crippen LogP contribution in [0.4, 0.5) is 0 Å². The summed E-state index contributed by atoms with van der Waals surface area (Å²) in [7, 11) is 0. The molecule has 2 aliphatic rings. The van der Waals surface area contributed by atoms with E-state index in [1.165, 1.54) is 25.7 Å². The number of amides is 1. The standard InChI is InChI=1S/C25H31N5O2/c31-22(18-19-6-4-5-7-19)29-14-10-20(11-15-29)23-24-25(27-13-12-26-24)30(28-23)16-17-32-21-8-2-1-3-9-21/h1-3,8-9,12-13,19-20H,4-7,10-11,14-18H2. The van der Waals surface area contributed by atoms with Crippen molar-refractivity contribution < 1.29 is 9.53 Å². The monoisotopic (exact) mass is 433 g/mol. The van der Waals surface area contributed by atoms with Gasteiger partial charge < -0.3 is 9.64 Å². The molecule has 5 rings (SSSR count). The van der Waals surface area contributed by atoms with Crippen LogP contribution in [0.25, 0.3) is 11.2 Å². The minimum absolute atomic E-state index is 0.307. The molecule has 168 valence electrons. The Kier molecular flexibility index (Phi) is 6.32. The number of hydrogen-bond acceptors (Lipinski definition) is 5. The number of aromatic nitrogens is 4. The third-order valence-electron chi connectivity index (χ3n) is 6.88. The highest BCUT2D eigenvalue weighted by Crippen LogP contribution is 2.33. The molecule has 1 aromatic carbocycles. The molecule has 7 heteroatoms. The van der Waals surface area contributed by atoms with Crippen molar-refractivity contribution in [2.75, 3.05) is 19.7 Å². The molecule has 0 atom stereocenters. The third-order valence-corrected chi connectivity index (χ3v) is 6.88. The largest absolute Gasteiger partial charge is 0.492 e. The Bertz CT molecular complexity index is 1040. The van der Waals surface area contributed by atoms with Gasteiger partial charge in [0, 0.05) is 37.8 Å². The van der Waals surface area contributed by atoms with Gasteiger partial charge in [-0.3, -0.25) is 4.79 Å². The summed E-state index contributed by atoms with van der Waals surface area (Å²) >= 11 is 0. The Hall–Kier alpha value is -2.96. The number of likely N-dealkylation sites (tertiary alicyclic amines) is 1. The van der Waals surface area contributed by atoms with E-state index in [2.05, 4.69) is 14.9 Å². The number of carbonyl (C=O) groups excluding carboxylic acids is 1. The summed E-state index contributed by atoms with van der Waals surface area (Å²) < 4.78 is 7.77. The van der Waals surface area contributed by atoms with E-state index in [0.29, 0.717) is 30.9 Å². The van der Waals surface area contributed by atoms with E-state index in [1.807, 2.05) is 35.0 Å². The lowest BCUT2D eigenvalue weighted by molar-refractivity contribution is -0.133. The van der Waals surface area contributed by atoms with E-state index in [0.717, 1.165) is 55.0 Å². The van der Waals surface area contributed by atoms with Gasteiger partial charge in [0.15, 0.2) is 5.65 Å². The van der Waals surface area contributed by atoms with Gasteiger partial charge in [-0.15, -0.1) is 0 Å². The maximum absolute atomic E-state index is 12.7. The first-order valence-corrected chi connectivity index (χ1v) is 11.9. The normalized spacial score (nSPS) is 17.8. The van der Waals surface area contributed by atoms with Crippen LogP contribution in [-0.2, 0) is 11.3 Å². The molecule has 0 spiro atoms. The van der Waals surface area contributed by atoms with E-state index >= 15 is 0 Å². The van der Waals surface area contributed by atoms with E-state index in [1.54, 1.807) is 12.4 Å². The molecule has 1 saturated carbocycles. The zero-order chi connectivity index (χ0) is 21.8. The topological polar surface area (TPSA) is 73.1 Å². The van der Waals surface area contributed by atoms with Crippen molar-refractivity contribution in [2.45, 2.75) is 57.4 Å². The predicted molar refractivity (Wildman–Crippen MR) is 122 cm³/mol. The average Bonchev–Trinajstić information content (AvgIpc) is 3.48. The molecule has 2 aromatic heterocycles. The second kappa shape index (κ2) is 9.67.